The highest BCUT2D eigenvalue weighted by Crippen LogP contribution is 2.25. The second-order valence-corrected chi connectivity index (χ2v) is 5.06. The molecular formula is C11H20N2OS. The highest BCUT2D eigenvalue weighted by Gasteiger charge is 2.13. The minimum Gasteiger partial charge on any atom is -0.383 e. The fourth-order valence-electron chi connectivity index (χ4n) is 1.65. The second kappa shape index (κ2) is 6.23. The number of methoxy groups -OCH3 is 1. The lowest BCUT2D eigenvalue weighted by Crippen LogP contribution is -2.30. The van der Waals surface area contributed by atoms with Crippen LogP contribution < -0.4 is 11.1 Å². The highest BCUT2D eigenvalue weighted by molar-refractivity contribution is 7.12. The summed E-state index contributed by atoms with van der Waals surface area (Å²) in [5.74, 6) is 0. The molecule has 86 valence electrons. The third-order valence-corrected chi connectivity index (χ3v) is 3.37. The van der Waals surface area contributed by atoms with Crippen LogP contribution in [0.4, 0.5) is 0 Å². The van der Waals surface area contributed by atoms with Crippen molar-refractivity contribution in [2.24, 2.45) is 5.73 Å². The van der Waals surface area contributed by atoms with Gasteiger partial charge in [-0.1, -0.05) is 0 Å². The van der Waals surface area contributed by atoms with Gasteiger partial charge in [-0.25, -0.2) is 0 Å². The predicted octanol–water partition coefficient (Wildman–Crippen LogP) is 1.60. The summed E-state index contributed by atoms with van der Waals surface area (Å²) in [5.41, 5.74) is 7.10. The van der Waals surface area contributed by atoms with Gasteiger partial charge in [0.2, 0.25) is 0 Å². The van der Waals surface area contributed by atoms with Gasteiger partial charge in [0.05, 0.1) is 6.61 Å². The Kier molecular flexibility index (Phi) is 5.25. The van der Waals surface area contributed by atoms with Gasteiger partial charge < -0.3 is 15.8 Å². The van der Waals surface area contributed by atoms with Crippen molar-refractivity contribution in [1.29, 1.82) is 0 Å². The summed E-state index contributed by atoms with van der Waals surface area (Å²) in [5, 5.41) is 3.40. The molecule has 0 amide bonds. The van der Waals surface area contributed by atoms with Crippen LogP contribution in [0.1, 0.15) is 21.4 Å². The number of ether oxygens (including phenoxy) is 1. The number of hydrogen-bond acceptors (Lipinski definition) is 4. The molecule has 3 nitrogen and oxygen atoms in total. The molecule has 1 rings (SSSR count). The molecular weight excluding hydrogens is 208 g/mol. The van der Waals surface area contributed by atoms with E-state index >= 15 is 0 Å². The molecule has 15 heavy (non-hydrogen) atoms. The summed E-state index contributed by atoms with van der Waals surface area (Å²) in [6.07, 6.45) is 0. The van der Waals surface area contributed by atoms with Gasteiger partial charge in [-0.15, -0.1) is 11.3 Å². The SMILES string of the molecule is COCCNC(CN)c1cc(C)sc1C. The molecule has 0 saturated heterocycles. The zero-order chi connectivity index (χ0) is 11.3. The summed E-state index contributed by atoms with van der Waals surface area (Å²) < 4.78 is 5.01. The van der Waals surface area contributed by atoms with E-state index in [1.54, 1.807) is 7.11 Å². The Bertz CT molecular complexity index is 299. The van der Waals surface area contributed by atoms with Crippen molar-refractivity contribution in [2.75, 3.05) is 26.8 Å². The van der Waals surface area contributed by atoms with Crippen LogP contribution in [0, 0.1) is 13.8 Å². The van der Waals surface area contributed by atoms with Crippen LogP contribution in [0.3, 0.4) is 0 Å². The molecule has 0 aliphatic carbocycles. The molecule has 0 radical (unpaired) electrons. The largest absolute Gasteiger partial charge is 0.383 e. The Labute approximate surface area is 95.6 Å². The molecule has 1 unspecified atom stereocenters. The lowest BCUT2D eigenvalue weighted by atomic mass is 10.1. The van der Waals surface area contributed by atoms with Crippen LogP contribution in [0.15, 0.2) is 6.07 Å². The minimum absolute atomic E-state index is 0.255. The third kappa shape index (κ3) is 3.57. The fraction of sp³-hybridized carbons (Fsp3) is 0.636. The number of thiophene rings is 1. The first kappa shape index (κ1) is 12.6. The van der Waals surface area contributed by atoms with Crippen molar-refractivity contribution in [3.05, 3.63) is 21.4 Å². The normalized spacial score (nSPS) is 13.1. The Hall–Kier alpha value is -0.420. The zero-order valence-corrected chi connectivity index (χ0v) is 10.5. The summed E-state index contributed by atoms with van der Waals surface area (Å²) in [6.45, 7) is 6.46. The molecule has 1 heterocycles. The van der Waals surface area contributed by atoms with Crippen LogP contribution in [0.2, 0.25) is 0 Å². The van der Waals surface area contributed by atoms with Crippen LogP contribution in [-0.4, -0.2) is 26.8 Å². The van der Waals surface area contributed by atoms with Crippen LogP contribution in [0.5, 0.6) is 0 Å². The van der Waals surface area contributed by atoms with Gasteiger partial charge in [0, 0.05) is 36.0 Å². The van der Waals surface area contributed by atoms with Gasteiger partial charge in [0.1, 0.15) is 0 Å². The molecule has 0 saturated carbocycles. The molecule has 1 aromatic rings. The first-order valence-electron chi connectivity index (χ1n) is 5.18. The first-order valence-corrected chi connectivity index (χ1v) is 6.00. The van der Waals surface area contributed by atoms with Gasteiger partial charge in [0.15, 0.2) is 0 Å². The van der Waals surface area contributed by atoms with E-state index < -0.39 is 0 Å². The van der Waals surface area contributed by atoms with Gasteiger partial charge in [0.25, 0.3) is 0 Å². The average molecular weight is 228 g/mol. The Morgan fingerprint density at radius 1 is 1.53 bits per heavy atom. The van der Waals surface area contributed by atoms with E-state index in [0.717, 1.165) is 13.2 Å². The number of nitrogens with two attached hydrogens (primary N) is 1. The van der Waals surface area contributed by atoms with E-state index in [1.807, 2.05) is 11.3 Å². The zero-order valence-electron chi connectivity index (χ0n) is 9.67. The van der Waals surface area contributed by atoms with Crippen LogP contribution in [-0.2, 0) is 4.74 Å². The van der Waals surface area contributed by atoms with Gasteiger partial charge >= 0.3 is 0 Å². The number of nitrogens with one attached hydrogen (secondary N) is 1. The molecule has 3 N–H and O–H groups in total. The van der Waals surface area contributed by atoms with E-state index in [2.05, 4.69) is 25.2 Å². The molecule has 0 bridgehead atoms. The van der Waals surface area contributed by atoms with Crippen molar-refractivity contribution < 1.29 is 4.74 Å². The number of rotatable bonds is 6. The third-order valence-electron chi connectivity index (χ3n) is 2.39. The summed E-state index contributed by atoms with van der Waals surface area (Å²) >= 11 is 1.83. The topological polar surface area (TPSA) is 47.3 Å². The maximum atomic E-state index is 5.77. The number of aryl methyl sites for hydroxylation is 2. The smallest absolute Gasteiger partial charge is 0.0587 e. The fourth-order valence-corrected chi connectivity index (χ4v) is 2.64. The van der Waals surface area contributed by atoms with Crippen molar-refractivity contribution in [3.63, 3.8) is 0 Å². The maximum absolute atomic E-state index is 5.77. The molecule has 4 heteroatoms. The van der Waals surface area contributed by atoms with E-state index in [-0.39, 0.29) is 6.04 Å². The van der Waals surface area contributed by atoms with E-state index in [4.69, 9.17) is 10.5 Å². The molecule has 0 aromatic carbocycles. The van der Waals surface area contributed by atoms with E-state index in [0.29, 0.717) is 6.54 Å². The van der Waals surface area contributed by atoms with Crippen molar-refractivity contribution in [3.8, 4) is 0 Å². The minimum atomic E-state index is 0.255. The lowest BCUT2D eigenvalue weighted by molar-refractivity contribution is 0.196. The van der Waals surface area contributed by atoms with Gasteiger partial charge in [-0.3, -0.25) is 0 Å². The summed E-state index contributed by atoms with van der Waals surface area (Å²) in [4.78, 5) is 2.70. The highest BCUT2D eigenvalue weighted by atomic mass is 32.1. The quantitative estimate of drug-likeness (QED) is 0.727. The average Bonchev–Trinajstić information content (AvgIpc) is 2.53. The van der Waals surface area contributed by atoms with Crippen molar-refractivity contribution >= 4 is 11.3 Å². The van der Waals surface area contributed by atoms with Gasteiger partial charge in [-0.2, -0.15) is 0 Å². The van der Waals surface area contributed by atoms with Crippen LogP contribution in [0.25, 0.3) is 0 Å². The van der Waals surface area contributed by atoms with E-state index in [9.17, 15) is 0 Å². The van der Waals surface area contributed by atoms with Crippen molar-refractivity contribution in [2.45, 2.75) is 19.9 Å². The molecule has 0 spiro atoms. The summed E-state index contributed by atoms with van der Waals surface area (Å²) in [7, 11) is 1.71. The van der Waals surface area contributed by atoms with Gasteiger partial charge in [-0.05, 0) is 25.5 Å². The molecule has 0 aliphatic rings. The monoisotopic (exact) mass is 228 g/mol. The Morgan fingerprint density at radius 3 is 2.73 bits per heavy atom. The number of hydrogen-bond donors (Lipinski definition) is 2. The van der Waals surface area contributed by atoms with Crippen LogP contribution >= 0.6 is 11.3 Å². The second-order valence-electron chi connectivity index (χ2n) is 3.60. The molecule has 1 aromatic heterocycles. The Balaban J connectivity index is 2.61. The maximum Gasteiger partial charge on any atom is 0.0587 e. The Morgan fingerprint density at radius 2 is 2.27 bits per heavy atom. The predicted molar refractivity (Wildman–Crippen MR) is 65.5 cm³/mol. The molecule has 0 fully saturated rings. The first-order chi connectivity index (χ1) is 7.19. The lowest BCUT2D eigenvalue weighted by Gasteiger charge is -2.16. The molecule has 0 aliphatic heterocycles. The van der Waals surface area contributed by atoms with Crippen molar-refractivity contribution in [1.82, 2.24) is 5.32 Å². The summed E-state index contributed by atoms with van der Waals surface area (Å²) in [6, 6.07) is 2.47. The van der Waals surface area contributed by atoms with E-state index in [1.165, 1.54) is 15.3 Å². The standard InChI is InChI=1S/C11H20N2OS/c1-8-6-10(9(2)15-8)11(7-12)13-4-5-14-3/h6,11,13H,4-5,7,12H2,1-3H3. The molecule has 1 atom stereocenters.